The maximum Gasteiger partial charge on any atom is 0.0856 e. The largest absolute Gasteiger partial charge is 0.399 e. The van der Waals surface area contributed by atoms with E-state index in [4.69, 9.17) is 17.3 Å². The number of hydrogen-bond donors (Lipinski definition) is 1. The van der Waals surface area contributed by atoms with E-state index in [-0.39, 0.29) is 0 Å². The molecule has 0 aliphatic heterocycles. The maximum atomic E-state index is 12.2. The van der Waals surface area contributed by atoms with Gasteiger partial charge in [-0.05, 0) is 25.1 Å². The molecule has 2 aromatic rings. The van der Waals surface area contributed by atoms with Crippen LogP contribution in [0, 0.1) is 6.92 Å². The number of nitrogens with zero attached hydrogens (tertiary/aromatic N) is 2. The number of benzene rings is 1. The van der Waals surface area contributed by atoms with Gasteiger partial charge in [0.2, 0.25) is 0 Å². The van der Waals surface area contributed by atoms with Crippen molar-refractivity contribution in [2.45, 2.75) is 17.6 Å². The molecule has 0 radical (unpaired) electrons. The minimum atomic E-state index is -1.18. The van der Waals surface area contributed by atoms with Crippen LogP contribution in [0.1, 0.15) is 11.4 Å². The molecule has 0 amide bonds. The van der Waals surface area contributed by atoms with Crippen molar-refractivity contribution in [3.8, 4) is 0 Å². The topological polar surface area (TPSA) is 60.9 Å². The average Bonchev–Trinajstić information content (AvgIpc) is 2.56. The predicted octanol–water partition coefficient (Wildman–Crippen LogP) is 2.27. The molecular formula is C12H14ClN3OS. The number of halogens is 1. The molecule has 0 saturated heterocycles. The van der Waals surface area contributed by atoms with Crippen LogP contribution in [0.25, 0.3) is 0 Å². The summed E-state index contributed by atoms with van der Waals surface area (Å²) in [5.74, 6) is 0.333. The summed E-state index contributed by atoms with van der Waals surface area (Å²) >= 11 is 6.13. The fourth-order valence-corrected chi connectivity index (χ4v) is 3.25. The number of rotatable bonds is 3. The monoisotopic (exact) mass is 283 g/mol. The van der Waals surface area contributed by atoms with E-state index in [0.29, 0.717) is 21.4 Å². The lowest BCUT2D eigenvalue weighted by Gasteiger charge is -2.04. The molecule has 0 fully saturated rings. The molecule has 6 heteroatoms. The van der Waals surface area contributed by atoms with E-state index in [1.807, 2.05) is 6.92 Å². The fourth-order valence-electron chi connectivity index (χ4n) is 1.70. The zero-order valence-electron chi connectivity index (χ0n) is 10.2. The Bertz CT molecular complexity index is 609. The van der Waals surface area contributed by atoms with Crippen LogP contribution in [0.15, 0.2) is 29.2 Å². The second-order valence-electron chi connectivity index (χ2n) is 4.03. The Morgan fingerprint density at radius 2 is 2.22 bits per heavy atom. The summed E-state index contributed by atoms with van der Waals surface area (Å²) in [5, 5.41) is 4.78. The molecule has 2 N–H and O–H groups in total. The average molecular weight is 284 g/mol. The molecule has 18 heavy (non-hydrogen) atoms. The van der Waals surface area contributed by atoms with Crippen LogP contribution in [0.5, 0.6) is 0 Å². The molecule has 0 spiro atoms. The van der Waals surface area contributed by atoms with Crippen molar-refractivity contribution >= 4 is 28.1 Å². The molecule has 4 nitrogen and oxygen atoms in total. The second kappa shape index (κ2) is 5.12. The molecule has 1 aromatic heterocycles. The van der Waals surface area contributed by atoms with Crippen molar-refractivity contribution in [1.82, 2.24) is 9.78 Å². The van der Waals surface area contributed by atoms with Gasteiger partial charge in [0.25, 0.3) is 0 Å². The molecule has 0 saturated carbocycles. The van der Waals surface area contributed by atoms with Gasteiger partial charge in [-0.2, -0.15) is 5.10 Å². The number of hydrogen-bond acceptors (Lipinski definition) is 3. The van der Waals surface area contributed by atoms with Crippen molar-refractivity contribution in [2.24, 2.45) is 7.05 Å². The van der Waals surface area contributed by atoms with Crippen LogP contribution in [0.4, 0.5) is 5.69 Å². The number of nitrogens with two attached hydrogens (primary N) is 1. The van der Waals surface area contributed by atoms with Crippen LogP contribution in [0.2, 0.25) is 5.02 Å². The summed E-state index contributed by atoms with van der Waals surface area (Å²) in [6, 6.07) is 7.07. The molecule has 1 heterocycles. The smallest absolute Gasteiger partial charge is 0.0856 e. The molecular weight excluding hydrogens is 270 g/mol. The Hall–Kier alpha value is -1.33. The highest BCUT2D eigenvalue weighted by molar-refractivity contribution is 7.84. The van der Waals surface area contributed by atoms with Gasteiger partial charge in [-0.15, -0.1) is 0 Å². The Morgan fingerprint density at radius 3 is 2.78 bits per heavy atom. The molecule has 1 atom stereocenters. The zero-order valence-corrected chi connectivity index (χ0v) is 11.8. The van der Waals surface area contributed by atoms with E-state index >= 15 is 0 Å². The molecule has 1 aromatic carbocycles. The first-order chi connectivity index (χ1) is 8.49. The minimum absolute atomic E-state index is 0.333. The number of aromatic nitrogens is 2. The Labute approximate surface area is 113 Å². The van der Waals surface area contributed by atoms with E-state index in [2.05, 4.69) is 5.10 Å². The van der Waals surface area contributed by atoms with Gasteiger partial charge in [0.15, 0.2) is 0 Å². The maximum absolute atomic E-state index is 12.2. The zero-order chi connectivity index (χ0) is 13.3. The Morgan fingerprint density at radius 1 is 1.50 bits per heavy atom. The van der Waals surface area contributed by atoms with E-state index in [9.17, 15) is 4.21 Å². The first-order valence-electron chi connectivity index (χ1n) is 5.41. The van der Waals surface area contributed by atoms with Gasteiger partial charge in [0.1, 0.15) is 0 Å². The van der Waals surface area contributed by atoms with Crippen LogP contribution in [0.3, 0.4) is 0 Å². The number of nitrogen functional groups attached to an aromatic ring is 1. The minimum Gasteiger partial charge on any atom is -0.399 e. The fraction of sp³-hybridized carbons (Fsp3) is 0.250. The van der Waals surface area contributed by atoms with Crippen LogP contribution < -0.4 is 5.73 Å². The molecule has 96 valence electrons. The molecule has 0 bridgehead atoms. The van der Waals surface area contributed by atoms with Crippen molar-refractivity contribution < 1.29 is 4.21 Å². The third-order valence-electron chi connectivity index (χ3n) is 2.65. The summed E-state index contributed by atoms with van der Waals surface area (Å²) in [6.07, 6.45) is 0. The second-order valence-corrected chi connectivity index (χ2v) is 5.86. The van der Waals surface area contributed by atoms with E-state index in [0.717, 1.165) is 11.4 Å². The summed E-state index contributed by atoms with van der Waals surface area (Å²) in [4.78, 5) is 0.699. The molecule has 0 aliphatic carbocycles. The van der Waals surface area contributed by atoms with Crippen molar-refractivity contribution in [1.29, 1.82) is 0 Å². The van der Waals surface area contributed by atoms with Crippen molar-refractivity contribution in [3.05, 3.63) is 40.7 Å². The Kier molecular flexibility index (Phi) is 3.73. The van der Waals surface area contributed by atoms with Crippen LogP contribution in [-0.2, 0) is 23.6 Å². The standard InChI is InChI=1S/C12H14ClN3OS/c1-8-12(13)11(16(2)15-8)7-18(17)10-5-3-4-9(14)6-10/h3-6H,7,14H2,1-2H3. The highest BCUT2D eigenvalue weighted by Crippen LogP contribution is 2.23. The molecule has 1 unspecified atom stereocenters. The van der Waals surface area contributed by atoms with Gasteiger partial charge in [0, 0.05) is 17.6 Å². The summed E-state index contributed by atoms with van der Waals surface area (Å²) in [6.45, 7) is 1.83. The summed E-state index contributed by atoms with van der Waals surface area (Å²) in [5.41, 5.74) is 7.80. The molecule has 2 rings (SSSR count). The van der Waals surface area contributed by atoms with Gasteiger partial charge in [-0.3, -0.25) is 8.89 Å². The summed E-state index contributed by atoms with van der Waals surface area (Å²) in [7, 11) is 0.619. The van der Waals surface area contributed by atoms with Gasteiger partial charge >= 0.3 is 0 Å². The van der Waals surface area contributed by atoms with Gasteiger partial charge < -0.3 is 5.73 Å². The first-order valence-corrected chi connectivity index (χ1v) is 7.10. The third-order valence-corrected chi connectivity index (χ3v) is 4.46. The van der Waals surface area contributed by atoms with Crippen LogP contribution in [-0.4, -0.2) is 14.0 Å². The van der Waals surface area contributed by atoms with Crippen LogP contribution >= 0.6 is 11.6 Å². The highest BCUT2D eigenvalue weighted by atomic mass is 35.5. The van der Waals surface area contributed by atoms with Gasteiger partial charge in [-0.25, -0.2) is 0 Å². The lowest BCUT2D eigenvalue weighted by molar-refractivity contribution is 0.676. The van der Waals surface area contributed by atoms with E-state index in [1.165, 1.54) is 0 Å². The van der Waals surface area contributed by atoms with Crippen molar-refractivity contribution in [3.63, 3.8) is 0 Å². The van der Waals surface area contributed by atoms with Gasteiger partial charge in [0.05, 0.1) is 33.0 Å². The quantitative estimate of drug-likeness (QED) is 0.879. The number of anilines is 1. The first kappa shape index (κ1) is 13.1. The van der Waals surface area contributed by atoms with E-state index < -0.39 is 10.8 Å². The third kappa shape index (κ3) is 2.57. The van der Waals surface area contributed by atoms with E-state index in [1.54, 1.807) is 36.0 Å². The lowest BCUT2D eigenvalue weighted by atomic mass is 10.3. The Balaban J connectivity index is 2.27. The number of aryl methyl sites for hydroxylation is 2. The highest BCUT2D eigenvalue weighted by Gasteiger charge is 2.15. The van der Waals surface area contributed by atoms with Crippen molar-refractivity contribution in [2.75, 3.05) is 5.73 Å². The predicted molar refractivity (Wildman–Crippen MR) is 73.9 cm³/mol. The summed E-state index contributed by atoms with van der Waals surface area (Å²) < 4.78 is 13.9. The normalized spacial score (nSPS) is 12.6. The molecule has 0 aliphatic rings. The lowest BCUT2D eigenvalue weighted by Crippen LogP contribution is -2.04. The SMILES string of the molecule is Cc1nn(C)c(CS(=O)c2cccc(N)c2)c1Cl. The van der Waals surface area contributed by atoms with Gasteiger partial charge in [-0.1, -0.05) is 17.7 Å².